The molecule has 1 amide bonds. The molecule has 0 aliphatic rings. The molecular formula is C17H18ClN3O3. The van der Waals surface area contributed by atoms with Gasteiger partial charge in [-0.2, -0.15) is 0 Å². The number of nitro groups is 1. The number of nitrogens with zero attached hydrogens (tertiary/aromatic N) is 3. The smallest absolute Gasteiger partial charge is 0.269 e. The minimum atomic E-state index is -0.484. The van der Waals surface area contributed by atoms with Gasteiger partial charge in [-0.1, -0.05) is 17.7 Å². The molecule has 0 bridgehead atoms. The number of nitro benzene ring substituents is 1. The monoisotopic (exact) mass is 347 g/mol. The molecule has 0 aromatic heterocycles. The van der Waals surface area contributed by atoms with Crippen LogP contribution in [0, 0.1) is 10.1 Å². The van der Waals surface area contributed by atoms with Crippen molar-refractivity contribution in [3.8, 4) is 0 Å². The first-order valence-electron chi connectivity index (χ1n) is 7.25. The third-order valence-corrected chi connectivity index (χ3v) is 3.97. The van der Waals surface area contributed by atoms with Crippen molar-refractivity contribution in [2.45, 2.75) is 6.54 Å². The van der Waals surface area contributed by atoms with Crippen molar-refractivity contribution in [2.24, 2.45) is 0 Å². The molecule has 2 rings (SSSR count). The van der Waals surface area contributed by atoms with E-state index in [1.54, 1.807) is 19.2 Å². The molecule has 0 saturated carbocycles. The zero-order valence-corrected chi connectivity index (χ0v) is 14.4. The van der Waals surface area contributed by atoms with Gasteiger partial charge < -0.3 is 9.80 Å². The van der Waals surface area contributed by atoms with E-state index in [2.05, 4.69) is 0 Å². The highest BCUT2D eigenvalue weighted by molar-refractivity contribution is 6.31. The first-order chi connectivity index (χ1) is 11.3. The molecule has 0 heterocycles. The minimum Gasteiger partial charge on any atom is -0.378 e. The van der Waals surface area contributed by atoms with E-state index in [9.17, 15) is 14.9 Å². The summed E-state index contributed by atoms with van der Waals surface area (Å²) in [6, 6.07) is 11.5. The van der Waals surface area contributed by atoms with Crippen molar-refractivity contribution in [1.82, 2.24) is 4.90 Å². The van der Waals surface area contributed by atoms with Gasteiger partial charge in [-0.3, -0.25) is 14.9 Å². The molecule has 0 aliphatic heterocycles. The molecule has 2 aromatic rings. The highest BCUT2D eigenvalue weighted by Crippen LogP contribution is 2.24. The molecule has 24 heavy (non-hydrogen) atoms. The quantitative estimate of drug-likeness (QED) is 0.612. The van der Waals surface area contributed by atoms with E-state index in [4.69, 9.17) is 11.6 Å². The lowest BCUT2D eigenvalue weighted by Gasteiger charge is -2.19. The number of amides is 1. The number of non-ortho nitro benzene ring substituents is 1. The zero-order chi connectivity index (χ0) is 17.9. The maximum absolute atomic E-state index is 12.6. The molecular weight excluding hydrogens is 330 g/mol. The highest BCUT2D eigenvalue weighted by Gasteiger charge is 2.16. The second-order valence-corrected chi connectivity index (χ2v) is 6.05. The number of benzene rings is 2. The SMILES string of the molecule is CN(Cc1cc([N+](=O)[O-])ccc1Cl)C(=O)c1cccc(N(C)C)c1. The first kappa shape index (κ1) is 17.7. The van der Waals surface area contributed by atoms with Crippen LogP contribution in [0.25, 0.3) is 0 Å². The van der Waals surface area contributed by atoms with Crippen molar-refractivity contribution in [2.75, 3.05) is 26.0 Å². The van der Waals surface area contributed by atoms with Crippen molar-refractivity contribution in [1.29, 1.82) is 0 Å². The fourth-order valence-electron chi connectivity index (χ4n) is 2.26. The van der Waals surface area contributed by atoms with Crippen LogP contribution in [0.1, 0.15) is 15.9 Å². The largest absolute Gasteiger partial charge is 0.378 e. The van der Waals surface area contributed by atoms with Gasteiger partial charge in [0.15, 0.2) is 0 Å². The molecule has 0 N–H and O–H groups in total. The summed E-state index contributed by atoms with van der Waals surface area (Å²) in [5.74, 6) is -0.179. The van der Waals surface area contributed by atoms with E-state index >= 15 is 0 Å². The number of anilines is 1. The van der Waals surface area contributed by atoms with Gasteiger partial charge in [-0.05, 0) is 29.8 Å². The van der Waals surface area contributed by atoms with Crippen molar-refractivity contribution >= 4 is 28.9 Å². The Balaban J connectivity index is 2.22. The summed E-state index contributed by atoms with van der Waals surface area (Å²) in [4.78, 5) is 26.4. The van der Waals surface area contributed by atoms with Crippen LogP contribution in [-0.4, -0.2) is 36.9 Å². The maximum atomic E-state index is 12.6. The van der Waals surface area contributed by atoms with Crippen molar-refractivity contribution < 1.29 is 9.72 Å². The predicted octanol–water partition coefficient (Wildman–Crippen LogP) is 3.59. The standard InChI is InChI=1S/C17H18ClN3O3/c1-19(2)14-6-4-5-12(9-14)17(22)20(3)11-13-10-15(21(23)24)7-8-16(13)18/h4-10H,11H2,1-3H3. The van der Waals surface area contributed by atoms with Crippen LogP contribution in [-0.2, 0) is 6.54 Å². The van der Waals surface area contributed by atoms with Crippen LogP contribution in [0.2, 0.25) is 5.02 Å². The Morgan fingerprint density at radius 1 is 1.17 bits per heavy atom. The number of rotatable bonds is 5. The van der Waals surface area contributed by atoms with Gasteiger partial charge in [0, 0.05) is 56.1 Å². The fraction of sp³-hybridized carbons (Fsp3) is 0.235. The van der Waals surface area contributed by atoms with Gasteiger partial charge >= 0.3 is 0 Å². The third kappa shape index (κ3) is 4.02. The Hall–Kier alpha value is -2.60. The topological polar surface area (TPSA) is 66.7 Å². The van der Waals surface area contributed by atoms with E-state index in [0.29, 0.717) is 16.1 Å². The number of carbonyl (C=O) groups is 1. The van der Waals surface area contributed by atoms with Crippen LogP contribution in [0.15, 0.2) is 42.5 Å². The van der Waals surface area contributed by atoms with Gasteiger partial charge in [0.2, 0.25) is 0 Å². The Morgan fingerprint density at radius 2 is 1.88 bits per heavy atom. The summed E-state index contributed by atoms with van der Waals surface area (Å²) < 4.78 is 0. The molecule has 0 atom stereocenters. The summed E-state index contributed by atoms with van der Waals surface area (Å²) in [5, 5.41) is 11.3. The Morgan fingerprint density at radius 3 is 2.50 bits per heavy atom. The van der Waals surface area contributed by atoms with Gasteiger partial charge in [-0.25, -0.2) is 0 Å². The summed E-state index contributed by atoms with van der Waals surface area (Å²) in [7, 11) is 5.44. The molecule has 6 nitrogen and oxygen atoms in total. The summed E-state index contributed by atoms with van der Waals surface area (Å²) in [6.07, 6.45) is 0. The van der Waals surface area contributed by atoms with Gasteiger partial charge in [-0.15, -0.1) is 0 Å². The van der Waals surface area contributed by atoms with E-state index in [-0.39, 0.29) is 18.1 Å². The highest BCUT2D eigenvalue weighted by atomic mass is 35.5. The molecule has 126 valence electrons. The van der Waals surface area contributed by atoms with Gasteiger partial charge in [0.05, 0.1) is 4.92 Å². The average molecular weight is 348 g/mol. The van der Waals surface area contributed by atoms with Crippen LogP contribution in [0.4, 0.5) is 11.4 Å². The lowest BCUT2D eigenvalue weighted by atomic mass is 10.1. The van der Waals surface area contributed by atoms with E-state index in [1.807, 2.05) is 31.1 Å². The molecule has 0 fully saturated rings. The molecule has 0 spiro atoms. The maximum Gasteiger partial charge on any atom is 0.269 e. The molecule has 2 aromatic carbocycles. The van der Waals surface area contributed by atoms with Crippen LogP contribution in [0.3, 0.4) is 0 Å². The van der Waals surface area contributed by atoms with Crippen LogP contribution in [0.5, 0.6) is 0 Å². The number of halogens is 1. The van der Waals surface area contributed by atoms with Crippen LogP contribution < -0.4 is 4.90 Å². The lowest BCUT2D eigenvalue weighted by Crippen LogP contribution is -2.26. The number of hydrogen-bond acceptors (Lipinski definition) is 4. The molecule has 0 saturated heterocycles. The van der Waals surface area contributed by atoms with Crippen molar-refractivity contribution in [3.05, 3.63) is 68.7 Å². The molecule has 0 unspecified atom stereocenters. The zero-order valence-electron chi connectivity index (χ0n) is 13.7. The summed E-state index contributed by atoms with van der Waals surface area (Å²) >= 11 is 6.10. The van der Waals surface area contributed by atoms with Gasteiger partial charge in [0.1, 0.15) is 0 Å². The number of carbonyl (C=O) groups excluding carboxylic acids is 1. The summed E-state index contributed by atoms with van der Waals surface area (Å²) in [5.41, 5.74) is 1.95. The predicted molar refractivity (Wildman–Crippen MR) is 94.7 cm³/mol. The second kappa shape index (κ2) is 7.31. The van der Waals surface area contributed by atoms with Crippen LogP contribution >= 0.6 is 11.6 Å². The molecule has 0 radical (unpaired) electrons. The first-order valence-corrected chi connectivity index (χ1v) is 7.63. The minimum absolute atomic E-state index is 0.0511. The fourth-order valence-corrected chi connectivity index (χ4v) is 2.44. The lowest BCUT2D eigenvalue weighted by molar-refractivity contribution is -0.384. The Bertz CT molecular complexity index is 777. The Labute approximate surface area is 145 Å². The normalized spacial score (nSPS) is 10.3. The second-order valence-electron chi connectivity index (χ2n) is 5.64. The van der Waals surface area contributed by atoms with Crippen molar-refractivity contribution in [3.63, 3.8) is 0 Å². The van der Waals surface area contributed by atoms with E-state index in [1.165, 1.54) is 23.1 Å². The van der Waals surface area contributed by atoms with Gasteiger partial charge in [0.25, 0.3) is 11.6 Å². The van der Waals surface area contributed by atoms with E-state index < -0.39 is 4.92 Å². The molecule has 0 aliphatic carbocycles. The summed E-state index contributed by atoms with van der Waals surface area (Å²) in [6.45, 7) is 0.186. The number of hydrogen-bond donors (Lipinski definition) is 0. The average Bonchev–Trinajstić information content (AvgIpc) is 2.55. The van der Waals surface area contributed by atoms with E-state index in [0.717, 1.165) is 5.69 Å². The Kier molecular flexibility index (Phi) is 5.41. The molecule has 7 heteroatoms. The third-order valence-electron chi connectivity index (χ3n) is 3.60.